The van der Waals surface area contributed by atoms with Crippen molar-refractivity contribution in [3.63, 3.8) is 0 Å². The maximum absolute atomic E-state index is 12.4. The van der Waals surface area contributed by atoms with E-state index in [2.05, 4.69) is 15.7 Å². The van der Waals surface area contributed by atoms with E-state index < -0.39 is 5.91 Å². The number of nitrogens with one attached hydrogen (secondary N) is 1. The smallest absolute Gasteiger partial charge is 0.271 e. The molecule has 0 aliphatic heterocycles. The first-order valence-electron chi connectivity index (χ1n) is 7.55. The van der Waals surface area contributed by atoms with Crippen LogP contribution in [-0.4, -0.2) is 44.4 Å². The van der Waals surface area contributed by atoms with E-state index >= 15 is 0 Å². The van der Waals surface area contributed by atoms with E-state index in [1.807, 2.05) is 6.07 Å². The van der Waals surface area contributed by atoms with E-state index in [0.29, 0.717) is 22.8 Å². The Bertz CT molecular complexity index is 794. The summed E-state index contributed by atoms with van der Waals surface area (Å²) in [4.78, 5) is 12.4. The molecule has 0 saturated heterocycles. The van der Waals surface area contributed by atoms with Gasteiger partial charge in [0, 0.05) is 11.1 Å². The molecule has 2 aromatic rings. The Kier molecular flexibility index (Phi) is 6.55. The summed E-state index contributed by atoms with van der Waals surface area (Å²) in [5, 5.41) is 15.8. The van der Waals surface area contributed by atoms with Gasteiger partial charge in [-0.25, -0.2) is 5.43 Å². The monoisotopic (exact) mass is 357 g/mol. The summed E-state index contributed by atoms with van der Waals surface area (Å²) in [6.45, 7) is 0. The molecule has 0 fully saturated rings. The van der Waals surface area contributed by atoms with Gasteiger partial charge < -0.3 is 19.4 Å². The van der Waals surface area contributed by atoms with E-state index in [-0.39, 0.29) is 11.3 Å². The maximum atomic E-state index is 12.4. The number of carbonyl (C=O) groups is 1. The molecule has 0 heterocycles. The lowest BCUT2D eigenvalue weighted by Gasteiger charge is -2.13. The molecule has 136 valence electrons. The van der Waals surface area contributed by atoms with Crippen LogP contribution in [0.3, 0.4) is 0 Å². The van der Waals surface area contributed by atoms with Gasteiger partial charge in [0.15, 0.2) is 11.5 Å². The number of ether oxygens (including phenoxy) is 3. The number of oxime groups is 1. The molecule has 0 radical (unpaired) electrons. The Balaban J connectivity index is 2.31. The molecule has 0 saturated carbocycles. The van der Waals surface area contributed by atoms with Gasteiger partial charge in [0.25, 0.3) is 5.91 Å². The molecule has 8 heteroatoms. The van der Waals surface area contributed by atoms with Crippen LogP contribution in [0.5, 0.6) is 17.2 Å². The van der Waals surface area contributed by atoms with Crippen molar-refractivity contribution in [2.24, 2.45) is 10.3 Å². The maximum Gasteiger partial charge on any atom is 0.271 e. The Hall–Kier alpha value is -3.55. The van der Waals surface area contributed by atoms with Gasteiger partial charge in [0.2, 0.25) is 5.75 Å². The van der Waals surface area contributed by atoms with Crippen molar-refractivity contribution < 1.29 is 24.2 Å². The predicted octanol–water partition coefficient (Wildman–Crippen LogP) is 2.31. The molecule has 0 aromatic heterocycles. The van der Waals surface area contributed by atoms with Gasteiger partial charge in [0.05, 0.1) is 27.5 Å². The van der Waals surface area contributed by atoms with Crippen LogP contribution in [0, 0.1) is 0 Å². The van der Waals surface area contributed by atoms with Crippen LogP contribution in [0.15, 0.2) is 52.7 Å². The summed E-state index contributed by atoms with van der Waals surface area (Å²) in [5.41, 5.74) is 3.64. The van der Waals surface area contributed by atoms with Crippen molar-refractivity contribution in [1.29, 1.82) is 0 Å². The highest BCUT2D eigenvalue weighted by Gasteiger charge is 2.17. The third-order valence-corrected chi connectivity index (χ3v) is 3.45. The summed E-state index contributed by atoms with van der Waals surface area (Å²) >= 11 is 0. The molecular weight excluding hydrogens is 338 g/mol. The topological polar surface area (TPSA) is 102 Å². The van der Waals surface area contributed by atoms with Gasteiger partial charge in [-0.15, -0.1) is 0 Å². The first-order chi connectivity index (χ1) is 12.6. The van der Waals surface area contributed by atoms with E-state index in [0.717, 1.165) is 6.21 Å². The Morgan fingerprint density at radius 2 is 1.62 bits per heavy atom. The fourth-order valence-corrected chi connectivity index (χ4v) is 2.22. The van der Waals surface area contributed by atoms with Crippen LogP contribution in [0.1, 0.15) is 15.9 Å². The number of carbonyl (C=O) groups excluding carboxylic acids is 1. The number of rotatable bonds is 7. The molecule has 0 atom stereocenters. The average Bonchev–Trinajstić information content (AvgIpc) is 2.70. The van der Waals surface area contributed by atoms with Crippen LogP contribution in [0.25, 0.3) is 0 Å². The molecule has 0 spiro atoms. The second-order valence-corrected chi connectivity index (χ2v) is 4.96. The summed E-state index contributed by atoms with van der Waals surface area (Å²) in [6.07, 6.45) is 1.13. The number of hydrogen-bond donors (Lipinski definition) is 2. The van der Waals surface area contributed by atoms with E-state index in [4.69, 9.17) is 19.4 Å². The number of benzene rings is 2. The van der Waals surface area contributed by atoms with Crippen LogP contribution < -0.4 is 19.6 Å². The van der Waals surface area contributed by atoms with Crippen molar-refractivity contribution in [2.75, 3.05) is 21.3 Å². The minimum absolute atomic E-state index is 0.261. The van der Waals surface area contributed by atoms with Crippen molar-refractivity contribution in [3.05, 3.63) is 53.6 Å². The third kappa shape index (κ3) is 4.29. The molecule has 0 bridgehead atoms. The molecule has 0 unspecified atom stereocenters. The standard InChI is InChI=1S/C18H19N3O5/c1-24-15-9-13(10-16(25-2)17(15)26-3)18(22)21-20-14(11-19-23)12-7-5-4-6-8-12/h4-11,23H,1-3H3,(H,21,22). The van der Waals surface area contributed by atoms with Gasteiger partial charge in [0.1, 0.15) is 5.71 Å². The minimum atomic E-state index is -0.496. The lowest BCUT2D eigenvalue weighted by molar-refractivity contribution is 0.0954. The SMILES string of the molecule is COc1cc(C(=O)NN=C(C=NO)c2ccccc2)cc(OC)c1OC. The molecule has 2 rings (SSSR count). The number of hydrazone groups is 1. The third-order valence-electron chi connectivity index (χ3n) is 3.45. The quantitative estimate of drug-likeness (QED) is 0.450. The Morgan fingerprint density at radius 3 is 2.12 bits per heavy atom. The van der Waals surface area contributed by atoms with E-state index in [1.54, 1.807) is 24.3 Å². The van der Waals surface area contributed by atoms with Crippen LogP contribution in [-0.2, 0) is 0 Å². The zero-order valence-electron chi connectivity index (χ0n) is 14.6. The first kappa shape index (κ1) is 18.8. The van der Waals surface area contributed by atoms with E-state index in [9.17, 15) is 4.79 Å². The first-order valence-corrected chi connectivity index (χ1v) is 7.55. The number of amides is 1. The second-order valence-electron chi connectivity index (χ2n) is 4.96. The van der Waals surface area contributed by atoms with Gasteiger partial charge >= 0.3 is 0 Å². The molecule has 0 aliphatic rings. The lowest BCUT2D eigenvalue weighted by atomic mass is 10.1. The Labute approximate surface area is 150 Å². The van der Waals surface area contributed by atoms with Gasteiger partial charge in [-0.05, 0) is 12.1 Å². The second kappa shape index (κ2) is 9.07. The highest BCUT2D eigenvalue weighted by atomic mass is 16.5. The van der Waals surface area contributed by atoms with Crippen molar-refractivity contribution in [1.82, 2.24) is 5.43 Å². The highest BCUT2D eigenvalue weighted by Crippen LogP contribution is 2.38. The van der Waals surface area contributed by atoms with E-state index in [1.165, 1.54) is 33.5 Å². The van der Waals surface area contributed by atoms with Crippen molar-refractivity contribution in [3.8, 4) is 17.2 Å². The molecule has 2 N–H and O–H groups in total. The van der Waals surface area contributed by atoms with Crippen molar-refractivity contribution >= 4 is 17.8 Å². The van der Waals surface area contributed by atoms with Crippen LogP contribution >= 0.6 is 0 Å². The van der Waals surface area contributed by atoms with Gasteiger partial charge in [-0.1, -0.05) is 35.5 Å². The Morgan fingerprint density at radius 1 is 1.00 bits per heavy atom. The molecule has 2 aromatic carbocycles. The molecule has 8 nitrogen and oxygen atoms in total. The molecule has 1 amide bonds. The highest BCUT2D eigenvalue weighted by molar-refractivity contribution is 6.38. The zero-order valence-corrected chi connectivity index (χ0v) is 14.6. The number of nitrogens with zero attached hydrogens (tertiary/aromatic N) is 2. The molecular formula is C18H19N3O5. The fourth-order valence-electron chi connectivity index (χ4n) is 2.22. The summed E-state index contributed by atoms with van der Waals surface area (Å²) < 4.78 is 15.7. The van der Waals surface area contributed by atoms with Crippen LogP contribution in [0.4, 0.5) is 0 Å². The predicted molar refractivity (Wildman–Crippen MR) is 96.8 cm³/mol. The fraction of sp³-hybridized carbons (Fsp3) is 0.167. The lowest BCUT2D eigenvalue weighted by Crippen LogP contribution is -2.21. The van der Waals surface area contributed by atoms with Crippen LogP contribution in [0.2, 0.25) is 0 Å². The number of methoxy groups -OCH3 is 3. The number of hydrogen-bond acceptors (Lipinski definition) is 7. The normalized spacial score (nSPS) is 11.3. The molecule has 26 heavy (non-hydrogen) atoms. The zero-order chi connectivity index (χ0) is 18.9. The van der Waals surface area contributed by atoms with Gasteiger partial charge in [-0.2, -0.15) is 5.10 Å². The summed E-state index contributed by atoms with van der Waals surface area (Å²) in [6, 6.07) is 12.0. The summed E-state index contributed by atoms with van der Waals surface area (Å²) in [7, 11) is 4.40. The molecule has 0 aliphatic carbocycles. The average molecular weight is 357 g/mol. The minimum Gasteiger partial charge on any atom is -0.493 e. The largest absolute Gasteiger partial charge is 0.493 e. The van der Waals surface area contributed by atoms with Gasteiger partial charge in [-0.3, -0.25) is 4.79 Å². The van der Waals surface area contributed by atoms with Crippen molar-refractivity contribution in [2.45, 2.75) is 0 Å². The summed E-state index contributed by atoms with van der Waals surface area (Å²) in [5.74, 6) is 0.582.